The predicted octanol–water partition coefficient (Wildman–Crippen LogP) is 3.93. The van der Waals surface area contributed by atoms with E-state index in [9.17, 15) is 5.11 Å². The second-order valence-corrected chi connectivity index (χ2v) is 6.83. The maximum atomic E-state index is 9.72. The van der Waals surface area contributed by atoms with Crippen LogP contribution >= 0.6 is 11.6 Å². The Morgan fingerprint density at radius 2 is 1.79 bits per heavy atom. The molecule has 4 rings (SSSR count). The number of aryl methyl sites for hydroxylation is 1. The standard InChI is InChI=1S/C18H19ClN4O/c1-11-2-4-12(5-3-11)16-15-10-20-23(17(15)22-18(19)21-16)13-6-8-14(24)9-7-13/h2-5,10,13-14,24H,6-9H2,1H3. The third-order valence-electron chi connectivity index (χ3n) is 4.76. The highest BCUT2D eigenvalue weighted by Crippen LogP contribution is 2.33. The molecule has 24 heavy (non-hydrogen) atoms. The number of hydrogen-bond donors (Lipinski definition) is 1. The Kier molecular flexibility index (Phi) is 3.98. The normalized spacial score (nSPS) is 21.3. The fraction of sp³-hybridized carbons (Fsp3) is 0.389. The first-order chi connectivity index (χ1) is 11.6. The number of aliphatic hydroxyl groups excluding tert-OH is 1. The van der Waals surface area contributed by atoms with Gasteiger partial charge in [-0.05, 0) is 44.2 Å². The average Bonchev–Trinajstić information content (AvgIpc) is 2.99. The summed E-state index contributed by atoms with van der Waals surface area (Å²) in [6.45, 7) is 2.06. The molecule has 124 valence electrons. The molecule has 1 aliphatic carbocycles. The SMILES string of the molecule is Cc1ccc(-c2nc(Cl)nc3c2cnn3C2CCC(O)CC2)cc1. The van der Waals surface area contributed by atoms with Gasteiger partial charge in [0, 0.05) is 5.56 Å². The Labute approximate surface area is 145 Å². The molecular formula is C18H19ClN4O. The van der Waals surface area contributed by atoms with Gasteiger partial charge < -0.3 is 5.11 Å². The molecule has 0 atom stereocenters. The van der Waals surface area contributed by atoms with Crippen molar-refractivity contribution in [2.24, 2.45) is 0 Å². The lowest BCUT2D eigenvalue weighted by Crippen LogP contribution is -2.22. The van der Waals surface area contributed by atoms with Crippen LogP contribution in [0.5, 0.6) is 0 Å². The van der Waals surface area contributed by atoms with Crippen molar-refractivity contribution < 1.29 is 5.11 Å². The Morgan fingerprint density at radius 3 is 2.50 bits per heavy atom. The van der Waals surface area contributed by atoms with Crippen LogP contribution in [0.1, 0.15) is 37.3 Å². The van der Waals surface area contributed by atoms with E-state index in [1.54, 1.807) is 0 Å². The summed E-state index contributed by atoms with van der Waals surface area (Å²) in [5.74, 6) is 0. The van der Waals surface area contributed by atoms with Crippen molar-refractivity contribution in [2.45, 2.75) is 44.8 Å². The van der Waals surface area contributed by atoms with Gasteiger partial charge in [-0.1, -0.05) is 29.8 Å². The number of aliphatic hydroxyl groups is 1. The monoisotopic (exact) mass is 342 g/mol. The van der Waals surface area contributed by atoms with Crippen molar-refractivity contribution >= 4 is 22.6 Å². The van der Waals surface area contributed by atoms with E-state index in [2.05, 4.69) is 34.1 Å². The predicted molar refractivity (Wildman–Crippen MR) is 94.0 cm³/mol. The highest BCUT2D eigenvalue weighted by molar-refractivity contribution is 6.28. The Morgan fingerprint density at radius 1 is 1.08 bits per heavy atom. The Balaban J connectivity index is 1.81. The molecule has 0 aliphatic heterocycles. The number of nitrogens with zero attached hydrogens (tertiary/aromatic N) is 4. The highest BCUT2D eigenvalue weighted by Gasteiger charge is 2.24. The van der Waals surface area contributed by atoms with Gasteiger partial charge in [0.05, 0.1) is 29.4 Å². The lowest BCUT2D eigenvalue weighted by Gasteiger charge is -2.25. The molecule has 0 amide bonds. The first-order valence-electron chi connectivity index (χ1n) is 8.27. The summed E-state index contributed by atoms with van der Waals surface area (Å²) in [5, 5.41) is 15.4. The molecule has 2 heterocycles. The third-order valence-corrected chi connectivity index (χ3v) is 4.93. The lowest BCUT2D eigenvalue weighted by atomic mass is 9.93. The molecule has 0 radical (unpaired) electrons. The smallest absolute Gasteiger partial charge is 0.225 e. The summed E-state index contributed by atoms with van der Waals surface area (Å²) < 4.78 is 1.95. The minimum Gasteiger partial charge on any atom is -0.393 e. The van der Waals surface area contributed by atoms with E-state index < -0.39 is 0 Å². The zero-order valence-electron chi connectivity index (χ0n) is 13.5. The summed E-state index contributed by atoms with van der Waals surface area (Å²) in [6, 6.07) is 8.46. The second-order valence-electron chi connectivity index (χ2n) is 6.50. The van der Waals surface area contributed by atoms with Crippen LogP contribution in [0.3, 0.4) is 0 Å². The number of hydrogen-bond acceptors (Lipinski definition) is 4. The van der Waals surface area contributed by atoms with E-state index in [1.807, 2.05) is 23.0 Å². The first-order valence-corrected chi connectivity index (χ1v) is 8.65. The van der Waals surface area contributed by atoms with Gasteiger partial charge in [-0.2, -0.15) is 10.1 Å². The summed E-state index contributed by atoms with van der Waals surface area (Å²) in [7, 11) is 0. The molecule has 5 nitrogen and oxygen atoms in total. The van der Waals surface area contributed by atoms with E-state index in [0.717, 1.165) is 48.0 Å². The number of rotatable bonds is 2. The van der Waals surface area contributed by atoms with E-state index >= 15 is 0 Å². The minimum atomic E-state index is -0.190. The van der Waals surface area contributed by atoms with Gasteiger partial charge in [-0.15, -0.1) is 0 Å². The zero-order chi connectivity index (χ0) is 16.7. The minimum absolute atomic E-state index is 0.190. The van der Waals surface area contributed by atoms with Gasteiger partial charge in [-0.3, -0.25) is 0 Å². The van der Waals surface area contributed by atoms with Gasteiger partial charge in [0.2, 0.25) is 5.28 Å². The fourth-order valence-corrected chi connectivity index (χ4v) is 3.57. The second kappa shape index (κ2) is 6.15. The van der Waals surface area contributed by atoms with Crippen molar-refractivity contribution in [1.29, 1.82) is 0 Å². The Bertz CT molecular complexity index is 867. The molecule has 0 unspecified atom stereocenters. The quantitative estimate of drug-likeness (QED) is 0.717. The van der Waals surface area contributed by atoms with Crippen LogP contribution in [-0.2, 0) is 0 Å². The van der Waals surface area contributed by atoms with Crippen molar-refractivity contribution in [3.63, 3.8) is 0 Å². The maximum absolute atomic E-state index is 9.72. The van der Waals surface area contributed by atoms with E-state index in [1.165, 1.54) is 5.56 Å². The summed E-state index contributed by atoms with van der Waals surface area (Å²) in [5.41, 5.74) is 3.79. The van der Waals surface area contributed by atoms with E-state index in [0.29, 0.717) is 0 Å². The first kappa shape index (κ1) is 15.5. The van der Waals surface area contributed by atoms with Crippen LogP contribution in [0.4, 0.5) is 0 Å². The summed E-state index contributed by atoms with van der Waals surface area (Å²) in [6.07, 6.45) is 5.04. The molecule has 0 spiro atoms. The molecule has 3 aromatic rings. The van der Waals surface area contributed by atoms with Crippen molar-refractivity contribution in [3.8, 4) is 11.3 Å². The number of aromatic nitrogens is 4. The highest BCUT2D eigenvalue weighted by atomic mass is 35.5. The van der Waals surface area contributed by atoms with Crippen LogP contribution in [0, 0.1) is 6.92 Å². The average molecular weight is 343 g/mol. The fourth-order valence-electron chi connectivity index (χ4n) is 3.40. The van der Waals surface area contributed by atoms with Crippen LogP contribution < -0.4 is 0 Å². The molecule has 1 fully saturated rings. The molecule has 0 saturated heterocycles. The lowest BCUT2D eigenvalue weighted by molar-refractivity contribution is 0.109. The molecule has 6 heteroatoms. The van der Waals surface area contributed by atoms with Crippen molar-refractivity contribution in [3.05, 3.63) is 41.3 Å². The Hall–Kier alpha value is -1.98. The summed E-state index contributed by atoms with van der Waals surface area (Å²) >= 11 is 6.19. The topological polar surface area (TPSA) is 63.8 Å². The van der Waals surface area contributed by atoms with Gasteiger partial charge in [0.1, 0.15) is 0 Å². The van der Waals surface area contributed by atoms with E-state index in [4.69, 9.17) is 11.6 Å². The van der Waals surface area contributed by atoms with Crippen LogP contribution in [0.15, 0.2) is 30.5 Å². The number of benzene rings is 1. The third kappa shape index (κ3) is 2.78. The van der Waals surface area contributed by atoms with Gasteiger partial charge in [0.15, 0.2) is 5.65 Å². The van der Waals surface area contributed by atoms with Crippen molar-refractivity contribution in [2.75, 3.05) is 0 Å². The molecule has 0 bridgehead atoms. The van der Waals surface area contributed by atoms with Crippen LogP contribution in [0.25, 0.3) is 22.3 Å². The molecule has 1 N–H and O–H groups in total. The zero-order valence-corrected chi connectivity index (χ0v) is 14.2. The van der Waals surface area contributed by atoms with Gasteiger partial charge >= 0.3 is 0 Å². The van der Waals surface area contributed by atoms with Gasteiger partial charge in [-0.25, -0.2) is 9.67 Å². The van der Waals surface area contributed by atoms with Crippen molar-refractivity contribution in [1.82, 2.24) is 19.7 Å². The molecule has 1 saturated carbocycles. The molecule has 1 aliphatic rings. The van der Waals surface area contributed by atoms with Crippen LogP contribution in [-0.4, -0.2) is 31.0 Å². The van der Waals surface area contributed by atoms with Crippen LogP contribution in [0.2, 0.25) is 5.28 Å². The van der Waals surface area contributed by atoms with Gasteiger partial charge in [0.25, 0.3) is 0 Å². The molecule has 2 aromatic heterocycles. The number of halogens is 1. The summed E-state index contributed by atoms with van der Waals surface area (Å²) in [4.78, 5) is 8.86. The maximum Gasteiger partial charge on any atom is 0.225 e. The van der Waals surface area contributed by atoms with E-state index in [-0.39, 0.29) is 17.4 Å². The molecule has 1 aromatic carbocycles. The molecular weight excluding hydrogens is 324 g/mol. The largest absolute Gasteiger partial charge is 0.393 e. The number of fused-ring (bicyclic) bond motifs is 1.